The summed E-state index contributed by atoms with van der Waals surface area (Å²) in [5.41, 5.74) is 7.40. The van der Waals surface area contributed by atoms with E-state index in [1.54, 1.807) is 10.6 Å². The number of H-pyrrole nitrogens is 1. The number of aromatic nitrogens is 6. The highest BCUT2D eigenvalue weighted by atomic mass is 127. The number of hydrogen-bond acceptors (Lipinski definition) is 5. The van der Waals surface area contributed by atoms with Crippen molar-refractivity contribution in [3.63, 3.8) is 0 Å². The van der Waals surface area contributed by atoms with Crippen LogP contribution in [-0.2, 0) is 13.1 Å². The van der Waals surface area contributed by atoms with Crippen LogP contribution in [-0.4, -0.2) is 32.7 Å². The molecular formula is C29H22F2IN7. The van der Waals surface area contributed by atoms with Gasteiger partial charge in [-0.15, -0.1) is 0 Å². The number of aromatic amines is 1. The minimum Gasteiger partial charge on any atom is -0.339 e. The molecule has 0 spiro atoms. The molecule has 39 heavy (non-hydrogen) atoms. The highest BCUT2D eigenvalue weighted by Crippen LogP contribution is 2.31. The Balaban J connectivity index is 1.32. The second-order valence-corrected chi connectivity index (χ2v) is 10.5. The van der Waals surface area contributed by atoms with E-state index in [2.05, 4.69) is 41.0 Å². The van der Waals surface area contributed by atoms with Crippen molar-refractivity contribution < 1.29 is 8.78 Å². The smallest absolute Gasteiger partial charge is 0.159 e. The van der Waals surface area contributed by atoms with Gasteiger partial charge in [-0.3, -0.25) is 4.98 Å². The summed E-state index contributed by atoms with van der Waals surface area (Å²) in [5, 5.41) is 4.27. The molecule has 0 unspecified atom stereocenters. The van der Waals surface area contributed by atoms with Gasteiger partial charge in [0.2, 0.25) is 0 Å². The molecule has 0 atom stereocenters. The van der Waals surface area contributed by atoms with Crippen LogP contribution in [0.3, 0.4) is 0 Å². The van der Waals surface area contributed by atoms with E-state index in [0.29, 0.717) is 18.7 Å². The molecule has 1 N–H and O–H groups in total. The number of fused-ring (bicyclic) bond motifs is 1. The van der Waals surface area contributed by atoms with E-state index in [9.17, 15) is 8.78 Å². The van der Waals surface area contributed by atoms with Crippen molar-refractivity contribution in [1.82, 2.24) is 32.7 Å². The van der Waals surface area contributed by atoms with E-state index in [4.69, 9.17) is 9.97 Å². The Morgan fingerprint density at radius 3 is 2.59 bits per heavy atom. The number of rotatable bonds is 7. The van der Waals surface area contributed by atoms with Crippen molar-refractivity contribution in [3.8, 4) is 33.8 Å². The van der Waals surface area contributed by atoms with E-state index in [1.165, 1.54) is 12.4 Å². The number of imidazole rings is 1. The van der Waals surface area contributed by atoms with Crippen LogP contribution in [0.25, 0.3) is 39.4 Å². The molecule has 0 aliphatic carbocycles. The summed E-state index contributed by atoms with van der Waals surface area (Å²) in [6, 6.07) is 21.5. The Hall–Kier alpha value is -4.03. The van der Waals surface area contributed by atoms with Crippen LogP contribution in [0.4, 0.5) is 8.78 Å². The van der Waals surface area contributed by atoms with E-state index in [0.717, 1.165) is 57.0 Å². The first-order valence-corrected chi connectivity index (χ1v) is 13.2. The highest BCUT2D eigenvalue weighted by molar-refractivity contribution is 14.1. The van der Waals surface area contributed by atoms with Crippen molar-refractivity contribution >= 4 is 28.5 Å². The van der Waals surface area contributed by atoms with Gasteiger partial charge < -0.3 is 4.98 Å². The minimum atomic E-state index is -0.863. The van der Waals surface area contributed by atoms with E-state index in [1.807, 2.05) is 67.7 Å². The Bertz CT molecular complexity index is 1800. The predicted molar refractivity (Wildman–Crippen MR) is 154 cm³/mol. The van der Waals surface area contributed by atoms with Crippen LogP contribution < -0.4 is 0 Å². The number of nitrogens with zero attached hydrogens (tertiary/aromatic N) is 6. The Morgan fingerprint density at radius 1 is 0.897 bits per heavy atom. The second kappa shape index (κ2) is 10.6. The summed E-state index contributed by atoms with van der Waals surface area (Å²) in [5.74, 6) is -0.956. The van der Waals surface area contributed by atoms with Crippen LogP contribution in [0.1, 0.15) is 17.1 Å². The van der Waals surface area contributed by atoms with Crippen LogP contribution >= 0.6 is 22.9 Å². The number of halogens is 3. The van der Waals surface area contributed by atoms with Crippen molar-refractivity contribution in [1.29, 1.82) is 0 Å². The molecule has 6 rings (SSSR count). The lowest BCUT2D eigenvalue weighted by Gasteiger charge is -2.16. The zero-order valence-electron chi connectivity index (χ0n) is 20.8. The lowest BCUT2D eigenvalue weighted by Crippen LogP contribution is -2.12. The average Bonchev–Trinajstić information content (AvgIpc) is 3.57. The van der Waals surface area contributed by atoms with Crippen LogP contribution in [0, 0.1) is 18.6 Å². The second-order valence-electron chi connectivity index (χ2n) is 9.12. The summed E-state index contributed by atoms with van der Waals surface area (Å²) in [6.07, 6.45) is 3.42. The maximum absolute atomic E-state index is 13.9. The van der Waals surface area contributed by atoms with Gasteiger partial charge in [0.15, 0.2) is 17.3 Å². The first-order valence-electron chi connectivity index (χ1n) is 12.2. The number of aryl methyl sites for hydroxylation is 1. The molecule has 4 heterocycles. The van der Waals surface area contributed by atoms with Crippen molar-refractivity contribution in [3.05, 3.63) is 114 Å². The highest BCUT2D eigenvalue weighted by Gasteiger charge is 2.18. The Labute approximate surface area is 237 Å². The van der Waals surface area contributed by atoms with Crippen LogP contribution in [0.2, 0.25) is 0 Å². The largest absolute Gasteiger partial charge is 0.339 e. The molecule has 0 bridgehead atoms. The van der Waals surface area contributed by atoms with Crippen molar-refractivity contribution in [2.24, 2.45) is 0 Å². The van der Waals surface area contributed by atoms with Gasteiger partial charge in [-0.25, -0.2) is 26.4 Å². The van der Waals surface area contributed by atoms with Gasteiger partial charge in [0, 0.05) is 46.9 Å². The third-order valence-corrected chi connectivity index (χ3v) is 7.04. The van der Waals surface area contributed by atoms with Gasteiger partial charge in [-0.2, -0.15) is 5.10 Å². The zero-order valence-corrected chi connectivity index (χ0v) is 23.0. The van der Waals surface area contributed by atoms with Gasteiger partial charge in [-0.05, 0) is 60.0 Å². The van der Waals surface area contributed by atoms with Crippen LogP contribution in [0.5, 0.6) is 0 Å². The standard InChI is InChI=1S/C29H22F2IN7/c1-18-5-4-8-25(35-18)29-28(21-10-12-27-33-17-34-39(27)15-21)36-26(37-29)16-38(32)14-20-6-2-3-7-22(20)19-9-11-23(30)24(31)13-19/h2-13,15,17H,14,16H2,1H3,(H,36,37). The summed E-state index contributed by atoms with van der Waals surface area (Å²) in [7, 11) is 0. The monoisotopic (exact) mass is 633 g/mol. The fraction of sp³-hybridized carbons (Fsp3) is 0.103. The van der Waals surface area contributed by atoms with Crippen LogP contribution in [0.15, 0.2) is 85.3 Å². The molecule has 0 amide bonds. The van der Waals surface area contributed by atoms with E-state index in [-0.39, 0.29) is 0 Å². The summed E-state index contributed by atoms with van der Waals surface area (Å²) in [6.45, 7) is 3.03. The minimum absolute atomic E-state index is 0.511. The Kier molecular flexibility index (Phi) is 6.88. The predicted octanol–water partition coefficient (Wildman–Crippen LogP) is 6.79. The molecule has 0 aliphatic rings. The topological polar surface area (TPSA) is 75.0 Å². The van der Waals surface area contributed by atoms with Gasteiger partial charge in [0.05, 0.1) is 23.6 Å². The van der Waals surface area contributed by atoms with Gasteiger partial charge in [0.25, 0.3) is 0 Å². The molecule has 6 aromatic rings. The molecule has 4 aromatic heterocycles. The molecule has 0 saturated heterocycles. The lowest BCUT2D eigenvalue weighted by atomic mass is 9.99. The molecule has 0 radical (unpaired) electrons. The van der Waals surface area contributed by atoms with E-state index >= 15 is 0 Å². The molecule has 0 fully saturated rings. The lowest BCUT2D eigenvalue weighted by molar-refractivity contribution is 0.490. The Morgan fingerprint density at radius 2 is 1.74 bits per heavy atom. The maximum Gasteiger partial charge on any atom is 0.159 e. The first kappa shape index (κ1) is 25.3. The molecule has 0 saturated carbocycles. The molecule has 10 heteroatoms. The van der Waals surface area contributed by atoms with Gasteiger partial charge in [-0.1, -0.05) is 36.4 Å². The fourth-order valence-corrected chi connectivity index (χ4v) is 5.23. The number of benzene rings is 2. The number of nitrogens with one attached hydrogen (secondary N) is 1. The third-order valence-electron chi connectivity index (χ3n) is 6.36. The van der Waals surface area contributed by atoms with Crippen molar-refractivity contribution in [2.45, 2.75) is 20.0 Å². The number of pyridine rings is 2. The molecule has 194 valence electrons. The third kappa shape index (κ3) is 5.30. The maximum atomic E-state index is 13.9. The van der Waals surface area contributed by atoms with Gasteiger partial charge >= 0.3 is 0 Å². The zero-order chi connectivity index (χ0) is 26.9. The first-order chi connectivity index (χ1) is 18.9. The molecule has 7 nitrogen and oxygen atoms in total. The summed E-state index contributed by atoms with van der Waals surface area (Å²) in [4.78, 5) is 17.4. The molecule has 0 aliphatic heterocycles. The fourth-order valence-electron chi connectivity index (χ4n) is 4.54. The average molecular weight is 633 g/mol. The van der Waals surface area contributed by atoms with E-state index < -0.39 is 11.6 Å². The quantitative estimate of drug-likeness (QED) is 0.155. The summed E-state index contributed by atoms with van der Waals surface area (Å²) >= 11 is 2.26. The number of hydrogen-bond donors (Lipinski definition) is 1. The molecular weight excluding hydrogens is 611 g/mol. The normalized spacial score (nSPS) is 11.5. The van der Waals surface area contributed by atoms with Gasteiger partial charge in [0.1, 0.15) is 12.2 Å². The summed E-state index contributed by atoms with van der Waals surface area (Å²) < 4.78 is 31.3. The molecule has 2 aromatic carbocycles. The SMILES string of the molecule is Cc1cccc(-c2[nH]c(CN(I)Cc3ccccc3-c3ccc(F)c(F)c3)nc2-c2ccc3ncnn3c2)n1. The van der Waals surface area contributed by atoms with Crippen molar-refractivity contribution in [2.75, 3.05) is 0 Å².